The molecule has 3 aromatic rings. The van der Waals surface area contributed by atoms with Gasteiger partial charge in [0, 0.05) is 48.7 Å². The molecule has 1 amide bonds. The van der Waals surface area contributed by atoms with Gasteiger partial charge in [0.2, 0.25) is 5.91 Å². The number of nitrogens with zero attached hydrogens (tertiary/aromatic N) is 4. The van der Waals surface area contributed by atoms with Crippen LogP contribution < -0.4 is 5.73 Å². The van der Waals surface area contributed by atoms with Crippen LogP contribution in [0.2, 0.25) is 0 Å². The van der Waals surface area contributed by atoms with Crippen LogP contribution in [0.25, 0.3) is 11.3 Å². The molecule has 1 fully saturated rings. The highest BCUT2D eigenvalue weighted by Gasteiger charge is 2.25. The first kappa shape index (κ1) is 18.3. The van der Waals surface area contributed by atoms with Gasteiger partial charge in [-0.15, -0.1) is 0 Å². The molecule has 2 N–H and O–H groups in total. The maximum atomic E-state index is 11.6. The molecule has 1 aliphatic heterocycles. The Balaban J connectivity index is 1.59. The van der Waals surface area contributed by atoms with Crippen molar-refractivity contribution in [2.45, 2.75) is 25.3 Å². The minimum absolute atomic E-state index is 0.290. The van der Waals surface area contributed by atoms with Gasteiger partial charge in [0.15, 0.2) is 0 Å². The molecule has 142 valence electrons. The Kier molecular flexibility index (Phi) is 5.39. The number of carbonyl (C=O) groups is 1. The summed E-state index contributed by atoms with van der Waals surface area (Å²) in [6.07, 6.45) is 7.46. The smallest absolute Gasteiger partial charge is 0.248 e. The lowest BCUT2D eigenvalue weighted by atomic mass is 9.91. The fourth-order valence-electron chi connectivity index (χ4n) is 3.83. The van der Waals surface area contributed by atoms with Crippen LogP contribution in [0.3, 0.4) is 0 Å². The van der Waals surface area contributed by atoms with Crippen LogP contribution in [0.4, 0.5) is 0 Å². The third kappa shape index (κ3) is 4.07. The van der Waals surface area contributed by atoms with E-state index in [9.17, 15) is 4.79 Å². The number of hydrogen-bond donors (Lipinski definition) is 1. The molecule has 0 unspecified atom stereocenters. The average Bonchev–Trinajstić information content (AvgIpc) is 2.75. The van der Waals surface area contributed by atoms with Crippen molar-refractivity contribution in [1.29, 1.82) is 0 Å². The number of carbonyl (C=O) groups excluding carboxylic acids is 1. The van der Waals surface area contributed by atoms with E-state index < -0.39 is 5.91 Å². The summed E-state index contributed by atoms with van der Waals surface area (Å²) in [5.41, 5.74) is 9.69. The monoisotopic (exact) mass is 373 g/mol. The van der Waals surface area contributed by atoms with Crippen molar-refractivity contribution in [1.82, 2.24) is 19.9 Å². The first-order valence-corrected chi connectivity index (χ1v) is 9.54. The molecule has 0 saturated carbocycles. The Labute approximate surface area is 164 Å². The van der Waals surface area contributed by atoms with Gasteiger partial charge in [0.1, 0.15) is 0 Å². The molecule has 0 radical (unpaired) electrons. The van der Waals surface area contributed by atoms with Crippen LogP contribution in [-0.4, -0.2) is 38.8 Å². The van der Waals surface area contributed by atoms with Crippen molar-refractivity contribution >= 4 is 5.91 Å². The van der Waals surface area contributed by atoms with E-state index in [0.29, 0.717) is 11.5 Å². The van der Waals surface area contributed by atoms with Crippen LogP contribution in [-0.2, 0) is 6.54 Å². The minimum atomic E-state index is -0.438. The van der Waals surface area contributed by atoms with Gasteiger partial charge in [0.25, 0.3) is 0 Å². The highest BCUT2D eigenvalue weighted by Crippen LogP contribution is 2.32. The fourth-order valence-corrected chi connectivity index (χ4v) is 3.83. The number of benzene rings is 1. The largest absolute Gasteiger partial charge is 0.366 e. The third-order valence-corrected chi connectivity index (χ3v) is 5.15. The summed E-state index contributed by atoms with van der Waals surface area (Å²) >= 11 is 0. The molecule has 0 bridgehead atoms. The average molecular weight is 373 g/mol. The summed E-state index contributed by atoms with van der Waals surface area (Å²) in [5, 5.41) is 0. The highest BCUT2D eigenvalue weighted by molar-refractivity contribution is 5.94. The zero-order chi connectivity index (χ0) is 19.3. The molecular formula is C22H23N5O. The molecule has 3 heterocycles. The number of piperidine rings is 1. The van der Waals surface area contributed by atoms with Crippen LogP contribution in [0.15, 0.2) is 61.1 Å². The standard InChI is InChI=1S/C22H23N5O/c23-22(28)17-6-3-5-16(13-17)20-21(26-11-10-25-20)18-7-4-12-27(14-18)15-19-8-1-2-9-24-19/h1-3,5-6,8-11,13,18H,4,7,12,14-15H2,(H2,23,28)/t18-/m0/s1. The number of primary amides is 1. The zero-order valence-corrected chi connectivity index (χ0v) is 15.7. The summed E-state index contributed by atoms with van der Waals surface area (Å²) in [7, 11) is 0. The Morgan fingerprint density at radius 1 is 1.07 bits per heavy atom. The van der Waals surface area contributed by atoms with Gasteiger partial charge in [-0.25, -0.2) is 0 Å². The maximum Gasteiger partial charge on any atom is 0.248 e. The van der Waals surface area contributed by atoms with Gasteiger partial charge in [-0.1, -0.05) is 18.2 Å². The van der Waals surface area contributed by atoms with Crippen molar-refractivity contribution in [3.8, 4) is 11.3 Å². The Hall–Kier alpha value is -3.12. The van der Waals surface area contributed by atoms with E-state index >= 15 is 0 Å². The van der Waals surface area contributed by atoms with Crippen LogP contribution in [0.1, 0.15) is 40.5 Å². The number of hydrogen-bond acceptors (Lipinski definition) is 5. The van der Waals surface area contributed by atoms with Crippen molar-refractivity contribution in [3.05, 3.63) is 78.0 Å². The molecule has 0 spiro atoms. The summed E-state index contributed by atoms with van der Waals surface area (Å²) < 4.78 is 0. The van der Waals surface area contributed by atoms with Crippen molar-refractivity contribution < 1.29 is 4.79 Å². The quantitative estimate of drug-likeness (QED) is 0.743. The summed E-state index contributed by atoms with van der Waals surface area (Å²) in [6.45, 7) is 2.81. The highest BCUT2D eigenvalue weighted by atomic mass is 16.1. The van der Waals surface area contributed by atoms with Gasteiger partial charge in [-0.05, 0) is 43.7 Å². The SMILES string of the molecule is NC(=O)c1cccc(-c2nccnc2[C@H]2CCCN(Cc3ccccn3)C2)c1. The predicted molar refractivity (Wildman–Crippen MR) is 107 cm³/mol. The van der Waals surface area contributed by atoms with Crippen LogP contribution in [0, 0.1) is 0 Å². The van der Waals surface area contributed by atoms with Crippen molar-refractivity contribution in [3.63, 3.8) is 0 Å². The minimum Gasteiger partial charge on any atom is -0.366 e. The van der Waals surface area contributed by atoms with Gasteiger partial charge in [-0.2, -0.15) is 0 Å². The maximum absolute atomic E-state index is 11.6. The third-order valence-electron chi connectivity index (χ3n) is 5.15. The van der Waals surface area contributed by atoms with E-state index in [1.54, 1.807) is 24.5 Å². The van der Waals surface area contributed by atoms with E-state index in [0.717, 1.165) is 55.1 Å². The van der Waals surface area contributed by atoms with Gasteiger partial charge in [0.05, 0.1) is 17.1 Å². The molecule has 1 atom stereocenters. The normalized spacial score (nSPS) is 17.4. The summed E-state index contributed by atoms with van der Waals surface area (Å²) in [4.78, 5) is 27.7. The van der Waals surface area contributed by atoms with Gasteiger partial charge >= 0.3 is 0 Å². The zero-order valence-electron chi connectivity index (χ0n) is 15.7. The van der Waals surface area contributed by atoms with E-state index in [1.165, 1.54) is 0 Å². The molecule has 0 aliphatic carbocycles. The van der Waals surface area contributed by atoms with Crippen molar-refractivity contribution in [2.24, 2.45) is 5.73 Å². The van der Waals surface area contributed by atoms with E-state index in [1.807, 2.05) is 30.5 Å². The second-order valence-corrected chi connectivity index (χ2v) is 7.13. The lowest BCUT2D eigenvalue weighted by Gasteiger charge is -2.32. The molecule has 2 aromatic heterocycles. The second-order valence-electron chi connectivity index (χ2n) is 7.13. The molecule has 6 heteroatoms. The molecule has 28 heavy (non-hydrogen) atoms. The number of pyridine rings is 1. The van der Waals surface area contributed by atoms with Crippen LogP contribution in [0.5, 0.6) is 0 Å². The summed E-state index contributed by atoms with van der Waals surface area (Å²) in [6, 6.07) is 13.3. The Bertz CT molecular complexity index is 960. The molecule has 4 rings (SSSR count). The van der Waals surface area contributed by atoms with E-state index in [-0.39, 0.29) is 0 Å². The number of aromatic nitrogens is 3. The lowest BCUT2D eigenvalue weighted by Crippen LogP contribution is -2.34. The van der Waals surface area contributed by atoms with E-state index in [4.69, 9.17) is 5.73 Å². The van der Waals surface area contributed by atoms with Gasteiger partial charge < -0.3 is 5.73 Å². The Morgan fingerprint density at radius 3 is 2.79 bits per heavy atom. The summed E-state index contributed by atoms with van der Waals surface area (Å²) in [5.74, 6) is -0.148. The second kappa shape index (κ2) is 8.27. The lowest BCUT2D eigenvalue weighted by molar-refractivity contribution is 0.100. The first-order chi connectivity index (χ1) is 13.7. The number of likely N-dealkylation sites (tertiary alicyclic amines) is 1. The molecule has 6 nitrogen and oxygen atoms in total. The number of amides is 1. The number of nitrogens with two attached hydrogens (primary N) is 1. The Morgan fingerprint density at radius 2 is 1.96 bits per heavy atom. The molecule has 1 aliphatic rings. The first-order valence-electron chi connectivity index (χ1n) is 9.54. The molecule has 1 saturated heterocycles. The molecular weight excluding hydrogens is 350 g/mol. The number of rotatable bonds is 5. The van der Waals surface area contributed by atoms with Gasteiger partial charge in [-0.3, -0.25) is 24.6 Å². The predicted octanol–water partition coefficient (Wildman–Crippen LogP) is 3.02. The van der Waals surface area contributed by atoms with Crippen molar-refractivity contribution in [2.75, 3.05) is 13.1 Å². The fraction of sp³-hybridized carbons (Fsp3) is 0.273. The topological polar surface area (TPSA) is 85.0 Å². The molecule has 1 aromatic carbocycles. The van der Waals surface area contributed by atoms with Crippen LogP contribution >= 0.6 is 0 Å². The van der Waals surface area contributed by atoms with E-state index in [2.05, 4.69) is 25.9 Å².